The monoisotopic (exact) mass is 300 g/mol. The minimum Gasteiger partial charge on any atom is -0.298 e. The molecule has 1 aliphatic rings. The number of rotatable bonds is 5. The minimum absolute atomic E-state index is 0.162. The smallest absolute Gasteiger partial charge is 0.151 e. The van der Waals surface area contributed by atoms with E-state index in [1.54, 1.807) is 11.8 Å². The lowest BCUT2D eigenvalue weighted by molar-refractivity contribution is -0.118. The van der Waals surface area contributed by atoms with E-state index < -0.39 is 0 Å². The van der Waals surface area contributed by atoms with Crippen LogP contribution in [0.25, 0.3) is 0 Å². The largest absolute Gasteiger partial charge is 0.298 e. The predicted octanol–water partition coefficient (Wildman–Crippen LogP) is 3.52. The number of hydrogen-bond donors (Lipinski definition) is 0. The standard InChI is InChI=1S/C14H21ClN2OS/c1-3-10-14(15)11(17(4-2)16-10)9-12(18)13-7-5-6-8-19-13/h13H,3-9H2,1-2H3. The first-order valence-corrected chi connectivity index (χ1v) is 8.48. The summed E-state index contributed by atoms with van der Waals surface area (Å²) in [6.07, 6.45) is 4.66. The second-order valence-corrected chi connectivity index (χ2v) is 6.56. The lowest BCUT2D eigenvalue weighted by Crippen LogP contribution is -2.24. The van der Waals surface area contributed by atoms with Crippen LogP contribution < -0.4 is 0 Å². The molecule has 0 aliphatic carbocycles. The number of halogens is 1. The fourth-order valence-electron chi connectivity index (χ4n) is 2.46. The van der Waals surface area contributed by atoms with E-state index in [0.29, 0.717) is 17.2 Å². The van der Waals surface area contributed by atoms with Crippen LogP contribution in [0.2, 0.25) is 5.02 Å². The molecule has 5 heteroatoms. The zero-order valence-corrected chi connectivity index (χ0v) is 13.2. The molecule has 1 unspecified atom stereocenters. The Morgan fingerprint density at radius 3 is 2.84 bits per heavy atom. The average molecular weight is 301 g/mol. The van der Waals surface area contributed by atoms with Crippen LogP contribution in [0.3, 0.4) is 0 Å². The van der Waals surface area contributed by atoms with Gasteiger partial charge in [0.15, 0.2) is 5.78 Å². The summed E-state index contributed by atoms with van der Waals surface area (Å²) in [6, 6.07) is 0. The highest BCUT2D eigenvalue weighted by Gasteiger charge is 2.25. The average Bonchev–Trinajstić information content (AvgIpc) is 2.76. The van der Waals surface area contributed by atoms with Gasteiger partial charge in [-0.15, -0.1) is 0 Å². The van der Waals surface area contributed by atoms with E-state index in [1.807, 2.05) is 18.5 Å². The molecule has 0 saturated carbocycles. The molecule has 1 aliphatic heterocycles. The van der Waals surface area contributed by atoms with Crippen LogP contribution in [0.5, 0.6) is 0 Å². The maximum atomic E-state index is 12.4. The van der Waals surface area contributed by atoms with E-state index in [0.717, 1.165) is 36.5 Å². The van der Waals surface area contributed by atoms with Gasteiger partial charge in [-0.3, -0.25) is 9.48 Å². The molecule has 1 saturated heterocycles. The van der Waals surface area contributed by atoms with Crippen molar-refractivity contribution in [1.82, 2.24) is 9.78 Å². The fourth-order valence-corrected chi connectivity index (χ4v) is 4.05. The normalized spacial score (nSPS) is 19.6. The molecule has 0 N–H and O–H groups in total. The van der Waals surface area contributed by atoms with Gasteiger partial charge in [0.25, 0.3) is 0 Å². The summed E-state index contributed by atoms with van der Waals surface area (Å²) in [7, 11) is 0. The van der Waals surface area contributed by atoms with Gasteiger partial charge < -0.3 is 0 Å². The second kappa shape index (κ2) is 6.80. The van der Waals surface area contributed by atoms with Crippen LogP contribution in [0, 0.1) is 0 Å². The molecule has 1 aromatic rings. The van der Waals surface area contributed by atoms with E-state index in [9.17, 15) is 4.79 Å². The van der Waals surface area contributed by atoms with Gasteiger partial charge in [0.1, 0.15) is 0 Å². The number of thioether (sulfide) groups is 1. The highest BCUT2D eigenvalue weighted by atomic mass is 35.5. The van der Waals surface area contributed by atoms with Gasteiger partial charge in [0, 0.05) is 6.54 Å². The Hall–Kier alpha value is -0.480. The van der Waals surface area contributed by atoms with Crippen molar-refractivity contribution < 1.29 is 4.79 Å². The number of aryl methyl sites for hydroxylation is 2. The topological polar surface area (TPSA) is 34.9 Å². The first kappa shape index (κ1) is 14.9. The van der Waals surface area contributed by atoms with Crippen molar-refractivity contribution >= 4 is 29.1 Å². The Kier molecular flexibility index (Phi) is 5.34. The molecule has 1 atom stereocenters. The van der Waals surface area contributed by atoms with Crippen molar-refractivity contribution in [2.24, 2.45) is 0 Å². The molecule has 2 heterocycles. The summed E-state index contributed by atoms with van der Waals surface area (Å²) in [5.41, 5.74) is 1.81. The Bertz CT molecular complexity index is 453. The number of aromatic nitrogens is 2. The summed E-state index contributed by atoms with van der Waals surface area (Å²) in [6.45, 7) is 4.84. The maximum Gasteiger partial charge on any atom is 0.151 e. The molecular weight excluding hydrogens is 280 g/mol. The van der Waals surface area contributed by atoms with Gasteiger partial charge in [-0.25, -0.2) is 0 Å². The Balaban J connectivity index is 2.13. The third-order valence-electron chi connectivity index (χ3n) is 3.57. The number of carbonyl (C=O) groups excluding carboxylic acids is 1. The molecule has 0 aromatic carbocycles. The predicted molar refractivity (Wildman–Crippen MR) is 81.1 cm³/mol. The van der Waals surface area contributed by atoms with Gasteiger partial charge in [-0.2, -0.15) is 16.9 Å². The van der Waals surface area contributed by atoms with Gasteiger partial charge in [-0.05, 0) is 31.9 Å². The van der Waals surface area contributed by atoms with E-state index in [1.165, 1.54) is 12.8 Å². The highest BCUT2D eigenvalue weighted by molar-refractivity contribution is 8.00. The molecule has 0 amide bonds. The summed E-state index contributed by atoms with van der Waals surface area (Å²) >= 11 is 8.15. The Morgan fingerprint density at radius 2 is 2.26 bits per heavy atom. The number of ketones is 1. The summed E-state index contributed by atoms with van der Waals surface area (Å²) < 4.78 is 1.88. The van der Waals surface area contributed by atoms with Gasteiger partial charge in [0.05, 0.1) is 28.1 Å². The van der Waals surface area contributed by atoms with E-state index in [-0.39, 0.29) is 5.25 Å². The SMILES string of the molecule is CCc1nn(CC)c(CC(=O)C2CCCCS2)c1Cl. The van der Waals surface area contributed by atoms with Crippen molar-refractivity contribution in [2.45, 2.75) is 57.7 Å². The lowest BCUT2D eigenvalue weighted by atomic mass is 10.1. The summed E-state index contributed by atoms with van der Waals surface area (Å²) in [5, 5.41) is 5.33. The zero-order chi connectivity index (χ0) is 13.8. The molecule has 1 aromatic heterocycles. The first-order chi connectivity index (χ1) is 9.17. The molecular formula is C14H21ClN2OS. The van der Waals surface area contributed by atoms with Crippen LogP contribution in [0.4, 0.5) is 0 Å². The van der Waals surface area contributed by atoms with Crippen LogP contribution in [0.15, 0.2) is 0 Å². The Morgan fingerprint density at radius 1 is 1.47 bits per heavy atom. The van der Waals surface area contributed by atoms with Crippen molar-refractivity contribution in [3.8, 4) is 0 Å². The van der Waals surface area contributed by atoms with Gasteiger partial charge >= 0.3 is 0 Å². The molecule has 0 bridgehead atoms. The quantitative estimate of drug-likeness (QED) is 0.834. The van der Waals surface area contributed by atoms with E-state index in [4.69, 9.17) is 11.6 Å². The van der Waals surface area contributed by atoms with Crippen LogP contribution in [-0.2, 0) is 24.2 Å². The second-order valence-electron chi connectivity index (χ2n) is 4.87. The van der Waals surface area contributed by atoms with Crippen LogP contribution in [-0.4, -0.2) is 26.6 Å². The number of nitrogens with zero attached hydrogens (tertiary/aromatic N) is 2. The number of carbonyl (C=O) groups is 1. The maximum absolute atomic E-state index is 12.4. The van der Waals surface area contributed by atoms with Crippen LogP contribution >= 0.6 is 23.4 Å². The first-order valence-electron chi connectivity index (χ1n) is 7.05. The summed E-state index contributed by atoms with van der Waals surface area (Å²) in [5.74, 6) is 1.42. The third kappa shape index (κ3) is 3.34. The number of hydrogen-bond acceptors (Lipinski definition) is 3. The molecule has 106 valence electrons. The molecule has 1 fully saturated rings. The Labute approximate surface area is 124 Å². The molecule has 3 nitrogen and oxygen atoms in total. The highest BCUT2D eigenvalue weighted by Crippen LogP contribution is 2.28. The van der Waals surface area contributed by atoms with Crippen LogP contribution in [0.1, 0.15) is 44.5 Å². The lowest BCUT2D eigenvalue weighted by Gasteiger charge is -2.20. The number of Topliss-reactive ketones (excluding diaryl/α,β-unsaturated/α-hetero) is 1. The van der Waals surface area contributed by atoms with E-state index in [2.05, 4.69) is 5.10 Å². The van der Waals surface area contributed by atoms with Crippen molar-refractivity contribution in [2.75, 3.05) is 5.75 Å². The fraction of sp³-hybridized carbons (Fsp3) is 0.714. The molecule has 0 radical (unpaired) electrons. The van der Waals surface area contributed by atoms with Crippen molar-refractivity contribution in [3.05, 3.63) is 16.4 Å². The summed E-state index contributed by atoms with van der Waals surface area (Å²) in [4.78, 5) is 12.4. The molecule has 0 spiro atoms. The third-order valence-corrected chi connectivity index (χ3v) is 5.44. The van der Waals surface area contributed by atoms with Gasteiger partial charge in [0.2, 0.25) is 0 Å². The van der Waals surface area contributed by atoms with E-state index >= 15 is 0 Å². The zero-order valence-electron chi connectivity index (χ0n) is 11.6. The molecule has 2 rings (SSSR count). The molecule has 19 heavy (non-hydrogen) atoms. The van der Waals surface area contributed by atoms with Gasteiger partial charge in [-0.1, -0.05) is 24.9 Å². The van der Waals surface area contributed by atoms with Crippen molar-refractivity contribution in [1.29, 1.82) is 0 Å². The minimum atomic E-state index is 0.162. The van der Waals surface area contributed by atoms with Crippen molar-refractivity contribution in [3.63, 3.8) is 0 Å².